The third kappa shape index (κ3) is 3.16. The zero-order chi connectivity index (χ0) is 19.7. The Labute approximate surface area is 163 Å². The molecule has 0 fully saturated rings. The molecular formula is C22H23N3O3. The van der Waals surface area contributed by atoms with Crippen LogP contribution in [0, 0.1) is 6.92 Å². The molecular weight excluding hydrogens is 354 g/mol. The van der Waals surface area contributed by atoms with Gasteiger partial charge in [-0.25, -0.2) is 0 Å². The number of carbonyl (C=O) groups is 2. The zero-order valence-electron chi connectivity index (χ0n) is 16.0. The highest BCUT2D eigenvalue weighted by molar-refractivity contribution is 6.48. The van der Waals surface area contributed by atoms with Crippen LogP contribution in [-0.2, 0) is 17.8 Å². The number of amides is 1. The van der Waals surface area contributed by atoms with Gasteiger partial charge in [-0.3, -0.25) is 9.59 Å². The minimum absolute atomic E-state index is 0.498. The lowest BCUT2D eigenvalue weighted by Crippen LogP contribution is -2.24. The van der Waals surface area contributed by atoms with E-state index < -0.39 is 11.7 Å². The second-order valence-corrected chi connectivity index (χ2v) is 6.95. The van der Waals surface area contributed by atoms with E-state index in [0.717, 1.165) is 41.8 Å². The molecule has 2 heterocycles. The van der Waals surface area contributed by atoms with Crippen molar-refractivity contribution < 1.29 is 14.3 Å². The lowest BCUT2D eigenvalue weighted by atomic mass is 10.0. The van der Waals surface area contributed by atoms with Crippen LogP contribution in [-0.4, -0.2) is 36.5 Å². The number of benzene rings is 2. The van der Waals surface area contributed by atoms with Gasteiger partial charge in [0.15, 0.2) is 0 Å². The molecule has 3 aromatic rings. The highest BCUT2D eigenvalue weighted by Crippen LogP contribution is 2.29. The van der Waals surface area contributed by atoms with Gasteiger partial charge in [0.05, 0.1) is 12.7 Å². The molecule has 2 N–H and O–H groups in total. The Hall–Kier alpha value is -3.12. The van der Waals surface area contributed by atoms with Gasteiger partial charge in [0.2, 0.25) is 0 Å². The molecule has 6 heteroatoms. The van der Waals surface area contributed by atoms with Crippen molar-refractivity contribution >= 4 is 28.3 Å². The maximum atomic E-state index is 13.2. The van der Waals surface area contributed by atoms with Crippen molar-refractivity contribution in [1.82, 2.24) is 9.88 Å². The summed E-state index contributed by atoms with van der Waals surface area (Å²) in [4.78, 5) is 26.0. The molecule has 0 unspecified atom stereocenters. The van der Waals surface area contributed by atoms with Crippen LogP contribution >= 0.6 is 0 Å². The Morgan fingerprint density at radius 3 is 2.75 bits per heavy atom. The van der Waals surface area contributed by atoms with Crippen LogP contribution in [0.4, 0.5) is 5.69 Å². The molecule has 1 amide bonds. The Morgan fingerprint density at radius 1 is 1.14 bits per heavy atom. The van der Waals surface area contributed by atoms with Gasteiger partial charge in [-0.05, 0) is 36.8 Å². The van der Waals surface area contributed by atoms with Gasteiger partial charge in [-0.2, -0.15) is 0 Å². The highest BCUT2D eigenvalue weighted by Gasteiger charge is 2.27. The maximum Gasteiger partial charge on any atom is 0.296 e. The van der Waals surface area contributed by atoms with E-state index in [1.54, 1.807) is 19.2 Å². The number of Topliss-reactive ketones (excluding diaryl/α,β-unsaturated/α-hetero) is 1. The van der Waals surface area contributed by atoms with Gasteiger partial charge in [-0.15, -0.1) is 0 Å². The van der Waals surface area contributed by atoms with E-state index >= 15 is 0 Å². The fourth-order valence-corrected chi connectivity index (χ4v) is 3.84. The van der Waals surface area contributed by atoms with Crippen LogP contribution in [0.15, 0.2) is 42.5 Å². The molecule has 0 saturated carbocycles. The number of fused-ring (bicyclic) bond motifs is 3. The summed E-state index contributed by atoms with van der Waals surface area (Å²) in [5.41, 5.74) is 3.89. The number of aryl methyl sites for hydroxylation is 1. The maximum absolute atomic E-state index is 13.2. The summed E-state index contributed by atoms with van der Waals surface area (Å²) < 4.78 is 7.36. The summed E-state index contributed by atoms with van der Waals surface area (Å²) >= 11 is 0. The van der Waals surface area contributed by atoms with Gasteiger partial charge in [0.25, 0.3) is 11.7 Å². The SMILES string of the molecule is COc1ccc(NC(=O)C(=O)c2c3n(c4ccccc24)CCNCC3)c(C)c1. The monoisotopic (exact) mass is 377 g/mol. The average Bonchev–Trinajstić information content (AvgIpc) is 2.85. The molecule has 1 aliphatic heterocycles. The molecule has 6 nitrogen and oxygen atoms in total. The topological polar surface area (TPSA) is 72.4 Å². The number of ketones is 1. The van der Waals surface area contributed by atoms with E-state index in [4.69, 9.17) is 4.74 Å². The van der Waals surface area contributed by atoms with E-state index in [9.17, 15) is 9.59 Å². The first kappa shape index (κ1) is 18.3. The van der Waals surface area contributed by atoms with E-state index in [2.05, 4.69) is 15.2 Å². The fraction of sp³-hybridized carbons (Fsp3) is 0.273. The number of rotatable bonds is 4. The third-order valence-corrected chi connectivity index (χ3v) is 5.24. The zero-order valence-corrected chi connectivity index (χ0v) is 16.0. The van der Waals surface area contributed by atoms with E-state index in [1.807, 2.05) is 37.3 Å². The molecule has 4 rings (SSSR count). The third-order valence-electron chi connectivity index (χ3n) is 5.24. The van der Waals surface area contributed by atoms with Crippen LogP contribution < -0.4 is 15.4 Å². The number of ether oxygens (including phenoxy) is 1. The van der Waals surface area contributed by atoms with Crippen LogP contribution in [0.1, 0.15) is 21.6 Å². The largest absolute Gasteiger partial charge is 0.497 e. The van der Waals surface area contributed by atoms with Crippen molar-refractivity contribution in [3.63, 3.8) is 0 Å². The van der Waals surface area contributed by atoms with Gasteiger partial charge in [-0.1, -0.05) is 18.2 Å². The number of hydrogen-bond acceptors (Lipinski definition) is 4. The smallest absolute Gasteiger partial charge is 0.296 e. The predicted octanol–water partition coefficient (Wildman–Crippen LogP) is 2.93. The Kier molecular flexibility index (Phi) is 4.88. The molecule has 1 aliphatic rings. The second-order valence-electron chi connectivity index (χ2n) is 6.95. The Bertz CT molecular complexity index is 1070. The molecule has 0 aliphatic carbocycles. The molecule has 1 aromatic heterocycles. The van der Waals surface area contributed by atoms with E-state index in [-0.39, 0.29) is 0 Å². The quantitative estimate of drug-likeness (QED) is 0.542. The normalized spacial score (nSPS) is 13.6. The van der Waals surface area contributed by atoms with Crippen LogP contribution in [0.5, 0.6) is 5.75 Å². The number of anilines is 1. The molecule has 144 valence electrons. The summed E-state index contributed by atoms with van der Waals surface area (Å²) in [5, 5.41) is 6.96. The molecule has 0 radical (unpaired) electrons. The highest BCUT2D eigenvalue weighted by atomic mass is 16.5. The number of para-hydroxylation sites is 1. The number of nitrogens with zero attached hydrogens (tertiary/aromatic N) is 1. The van der Waals surface area contributed by atoms with Crippen molar-refractivity contribution in [2.24, 2.45) is 0 Å². The number of aromatic nitrogens is 1. The Balaban J connectivity index is 1.71. The van der Waals surface area contributed by atoms with Crippen molar-refractivity contribution in [1.29, 1.82) is 0 Å². The van der Waals surface area contributed by atoms with Crippen LogP contribution in [0.25, 0.3) is 10.9 Å². The van der Waals surface area contributed by atoms with Gasteiger partial charge in [0.1, 0.15) is 5.75 Å². The van der Waals surface area contributed by atoms with Gasteiger partial charge >= 0.3 is 0 Å². The molecule has 0 atom stereocenters. The summed E-state index contributed by atoms with van der Waals surface area (Å²) in [5.74, 6) is -0.412. The van der Waals surface area contributed by atoms with Crippen molar-refractivity contribution in [2.45, 2.75) is 19.9 Å². The van der Waals surface area contributed by atoms with Gasteiger partial charge in [0, 0.05) is 48.3 Å². The molecule has 28 heavy (non-hydrogen) atoms. The lowest BCUT2D eigenvalue weighted by Gasteiger charge is -2.10. The van der Waals surface area contributed by atoms with E-state index in [1.165, 1.54) is 0 Å². The first-order chi connectivity index (χ1) is 13.6. The Morgan fingerprint density at radius 2 is 1.96 bits per heavy atom. The number of methoxy groups -OCH3 is 1. The van der Waals surface area contributed by atoms with E-state index in [0.29, 0.717) is 23.4 Å². The van der Waals surface area contributed by atoms with Crippen LogP contribution in [0.3, 0.4) is 0 Å². The first-order valence-corrected chi connectivity index (χ1v) is 9.41. The predicted molar refractivity (Wildman–Crippen MR) is 109 cm³/mol. The lowest BCUT2D eigenvalue weighted by molar-refractivity contribution is -0.112. The first-order valence-electron chi connectivity index (χ1n) is 9.41. The molecule has 2 aromatic carbocycles. The fourth-order valence-electron chi connectivity index (χ4n) is 3.84. The standard InChI is InChI=1S/C22H23N3O3/c1-14-13-15(28-2)7-8-17(14)24-22(27)21(26)20-16-5-3-4-6-18(16)25-12-11-23-10-9-19(20)25/h3-8,13,23H,9-12H2,1-2H3,(H,24,27). The second kappa shape index (κ2) is 7.48. The van der Waals surface area contributed by atoms with Crippen LogP contribution in [0.2, 0.25) is 0 Å². The van der Waals surface area contributed by atoms with Crippen molar-refractivity contribution in [2.75, 3.05) is 25.5 Å². The van der Waals surface area contributed by atoms with Crippen molar-refractivity contribution in [3.8, 4) is 5.75 Å². The van der Waals surface area contributed by atoms with Gasteiger partial charge < -0.3 is 19.9 Å². The summed E-state index contributed by atoms with van der Waals surface area (Å²) in [7, 11) is 1.59. The number of hydrogen-bond donors (Lipinski definition) is 2. The summed E-state index contributed by atoms with van der Waals surface area (Å²) in [6.07, 6.45) is 0.713. The minimum atomic E-state index is -0.621. The summed E-state index contributed by atoms with van der Waals surface area (Å²) in [6.45, 7) is 4.28. The summed E-state index contributed by atoms with van der Waals surface area (Å²) in [6, 6.07) is 13.1. The molecule has 0 bridgehead atoms. The minimum Gasteiger partial charge on any atom is -0.497 e. The average molecular weight is 377 g/mol. The molecule has 0 spiro atoms. The molecule has 0 saturated heterocycles. The van der Waals surface area contributed by atoms with Crippen molar-refractivity contribution in [3.05, 3.63) is 59.3 Å². The number of nitrogens with one attached hydrogen (secondary N) is 2. The number of carbonyl (C=O) groups excluding carboxylic acids is 2.